The standard InChI is InChI=1S/C14H21FN2O3S/c1-4-5-11(2)16-14(18)10-17(21(3,19)20)13-8-6-12(15)7-9-13/h6-9,11H,4-5,10H2,1-3H3,(H,16,18)/t11-/m0/s1. The van der Waals surface area contributed by atoms with Gasteiger partial charge in [-0.3, -0.25) is 9.10 Å². The van der Waals surface area contributed by atoms with Gasteiger partial charge in [0.1, 0.15) is 12.4 Å². The van der Waals surface area contributed by atoms with Crippen LogP contribution in [0.5, 0.6) is 0 Å². The Morgan fingerprint density at radius 3 is 2.38 bits per heavy atom. The number of hydrogen-bond acceptors (Lipinski definition) is 3. The summed E-state index contributed by atoms with van der Waals surface area (Å²) in [6, 6.07) is 4.96. The Kier molecular flexibility index (Phi) is 6.14. The quantitative estimate of drug-likeness (QED) is 0.835. The molecule has 1 aromatic carbocycles. The number of nitrogens with one attached hydrogen (secondary N) is 1. The molecule has 0 fully saturated rings. The molecule has 1 atom stereocenters. The highest BCUT2D eigenvalue weighted by Gasteiger charge is 2.21. The molecule has 1 aromatic rings. The maximum Gasteiger partial charge on any atom is 0.240 e. The Labute approximate surface area is 125 Å². The van der Waals surface area contributed by atoms with Crippen molar-refractivity contribution in [1.29, 1.82) is 0 Å². The summed E-state index contributed by atoms with van der Waals surface area (Å²) in [6.07, 6.45) is 2.76. The number of halogens is 1. The van der Waals surface area contributed by atoms with Gasteiger partial charge in [-0.15, -0.1) is 0 Å². The molecule has 0 aliphatic heterocycles. The van der Waals surface area contributed by atoms with E-state index in [0.29, 0.717) is 0 Å². The minimum atomic E-state index is -3.62. The Morgan fingerprint density at radius 1 is 1.33 bits per heavy atom. The second-order valence-corrected chi connectivity index (χ2v) is 6.91. The Morgan fingerprint density at radius 2 is 1.90 bits per heavy atom. The molecule has 0 bridgehead atoms. The molecule has 118 valence electrons. The number of sulfonamides is 1. The number of rotatable bonds is 7. The third kappa shape index (κ3) is 5.71. The van der Waals surface area contributed by atoms with E-state index in [0.717, 1.165) is 35.5 Å². The molecule has 0 saturated carbocycles. The number of carbonyl (C=O) groups excluding carboxylic acids is 1. The molecule has 0 aliphatic rings. The summed E-state index contributed by atoms with van der Waals surface area (Å²) in [5.74, 6) is -0.848. The highest BCUT2D eigenvalue weighted by molar-refractivity contribution is 7.92. The van der Waals surface area contributed by atoms with Crippen LogP contribution in [0.1, 0.15) is 26.7 Å². The van der Waals surface area contributed by atoms with Gasteiger partial charge in [-0.25, -0.2) is 12.8 Å². The van der Waals surface area contributed by atoms with Gasteiger partial charge in [-0.1, -0.05) is 13.3 Å². The van der Waals surface area contributed by atoms with E-state index >= 15 is 0 Å². The van der Waals surface area contributed by atoms with Crippen molar-refractivity contribution < 1.29 is 17.6 Å². The molecule has 0 aliphatic carbocycles. The van der Waals surface area contributed by atoms with Crippen molar-refractivity contribution in [3.8, 4) is 0 Å². The smallest absolute Gasteiger partial charge is 0.240 e. The minimum absolute atomic E-state index is 0.0165. The summed E-state index contributed by atoms with van der Waals surface area (Å²) in [6.45, 7) is 3.55. The molecule has 21 heavy (non-hydrogen) atoms. The van der Waals surface area contributed by atoms with Crippen LogP contribution >= 0.6 is 0 Å². The first-order valence-corrected chi connectivity index (χ1v) is 8.61. The molecule has 0 radical (unpaired) electrons. The maximum absolute atomic E-state index is 12.9. The Balaban J connectivity index is 2.86. The van der Waals surface area contributed by atoms with Crippen molar-refractivity contribution in [3.05, 3.63) is 30.1 Å². The Hall–Kier alpha value is -1.63. The van der Waals surface area contributed by atoms with E-state index in [1.54, 1.807) is 0 Å². The summed E-state index contributed by atoms with van der Waals surface area (Å²) in [5.41, 5.74) is 0.261. The third-order valence-electron chi connectivity index (χ3n) is 2.93. The second kappa shape index (κ2) is 7.40. The zero-order valence-corrected chi connectivity index (χ0v) is 13.3. The molecule has 1 N–H and O–H groups in total. The lowest BCUT2D eigenvalue weighted by Gasteiger charge is -2.23. The summed E-state index contributed by atoms with van der Waals surface area (Å²) in [7, 11) is -3.62. The molecular weight excluding hydrogens is 295 g/mol. The van der Waals surface area contributed by atoms with E-state index < -0.39 is 15.8 Å². The van der Waals surface area contributed by atoms with Crippen molar-refractivity contribution >= 4 is 21.6 Å². The largest absolute Gasteiger partial charge is 0.352 e. The van der Waals surface area contributed by atoms with Crippen LogP contribution in [-0.2, 0) is 14.8 Å². The van der Waals surface area contributed by atoms with E-state index in [4.69, 9.17) is 0 Å². The van der Waals surface area contributed by atoms with E-state index in [1.165, 1.54) is 12.1 Å². The van der Waals surface area contributed by atoms with Gasteiger partial charge >= 0.3 is 0 Å². The van der Waals surface area contributed by atoms with Gasteiger partial charge in [0.15, 0.2) is 0 Å². The maximum atomic E-state index is 12.9. The zero-order chi connectivity index (χ0) is 16.0. The van der Waals surface area contributed by atoms with Crippen molar-refractivity contribution in [1.82, 2.24) is 5.32 Å². The fourth-order valence-corrected chi connectivity index (χ4v) is 2.82. The number of hydrogen-bond donors (Lipinski definition) is 1. The fourth-order valence-electron chi connectivity index (χ4n) is 1.96. The molecule has 0 saturated heterocycles. The number of carbonyl (C=O) groups is 1. The van der Waals surface area contributed by atoms with Crippen LogP contribution in [0.2, 0.25) is 0 Å². The van der Waals surface area contributed by atoms with Crippen LogP contribution in [0.15, 0.2) is 24.3 Å². The number of amides is 1. The minimum Gasteiger partial charge on any atom is -0.352 e. The summed E-state index contributed by atoms with van der Waals surface area (Å²) < 4.78 is 37.5. The van der Waals surface area contributed by atoms with Gasteiger partial charge in [0.25, 0.3) is 0 Å². The average Bonchev–Trinajstić information content (AvgIpc) is 2.36. The van der Waals surface area contributed by atoms with Crippen molar-refractivity contribution in [2.75, 3.05) is 17.1 Å². The molecule has 1 amide bonds. The van der Waals surface area contributed by atoms with Crippen LogP contribution < -0.4 is 9.62 Å². The lowest BCUT2D eigenvalue weighted by molar-refractivity contribution is -0.120. The van der Waals surface area contributed by atoms with Gasteiger partial charge in [0, 0.05) is 6.04 Å². The zero-order valence-electron chi connectivity index (χ0n) is 12.5. The molecule has 7 heteroatoms. The Bertz CT molecular complexity index is 572. The van der Waals surface area contributed by atoms with Gasteiger partial charge in [0.05, 0.1) is 11.9 Å². The molecule has 0 unspecified atom stereocenters. The summed E-state index contributed by atoms with van der Waals surface area (Å²) in [5, 5.41) is 2.75. The average molecular weight is 316 g/mol. The van der Waals surface area contributed by atoms with Crippen LogP contribution in [-0.4, -0.2) is 33.2 Å². The molecule has 5 nitrogen and oxygen atoms in total. The SMILES string of the molecule is CCC[C@H](C)NC(=O)CN(c1ccc(F)cc1)S(C)(=O)=O. The van der Waals surface area contributed by atoms with Crippen LogP contribution in [0.25, 0.3) is 0 Å². The lowest BCUT2D eigenvalue weighted by Crippen LogP contribution is -2.43. The normalized spacial score (nSPS) is 12.8. The van der Waals surface area contributed by atoms with Crippen LogP contribution in [0.3, 0.4) is 0 Å². The van der Waals surface area contributed by atoms with Crippen LogP contribution in [0, 0.1) is 5.82 Å². The van der Waals surface area contributed by atoms with Gasteiger partial charge in [-0.05, 0) is 37.6 Å². The molecule has 1 rings (SSSR count). The number of anilines is 1. The van der Waals surface area contributed by atoms with Gasteiger partial charge in [0.2, 0.25) is 15.9 Å². The molecular formula is C14H21FN2O3S. The third-order valence-corrected chi connectivity index (χ3v) is 4.07. The first-order chi connectivity index (χ1) is 9.74. The van der Waals surface area contributed by atoms with Gasteiger partial charge in [-0.2, -0.15) is 0 Å². The number of benzene rings is 1. The van der Waals surface area contributed by atoms with Gasteiger partial charge < -0.3 is 5.32 Å². The van der Waals surface area contributed by atoms with E-state index in [9.17, 15) is 17.6 Å². The first-order valence-electron chi connectivity index (χ1n) is 6.76. The summed E-state index contributed by atoms with van der Waals surface area (Å²) in [4.78, 5) is 11.9. The van der Waals surface area contributed by atoms with E-state index in [1.807, 2.05) is 13.8 Å². The second-order valence-electron chi connectivity index (χ2n) is 5.00. The van der Waals surface area contributed by atoms with E-state index in [2.05, 4.69) is 5.32 Å². The van der Waals surface area contributed by atoms with E-state index in [-0.39, 0.29) is 24.2 Å². The highest BCUT2D eigenvalue weighted by Crippen LogP contribution is 2.17. The fraction of sp³-hybridized carbons (Fsp3) is 0.500. The monoisotopic (exact) mass is 316 g/mol. The topological polar surface area (TPSA) is 66.5 Å². The predicted octanol–water partition coefficient (Wildman–Crippen LogP) is 1.90. The van der Waals surface area contributed by atoms with Crippen molar-refractivity contribution in [2.45, 2.75) is 32.7 Å². The summed E-state index contributed by atoms with van der Waals surface area (Å²) >= 11 is 0. The predicted molar refractivity (Wildman–Crippen MR) is 81.1 cm³/mol. The van der Waals surface area contributed by atoms with Crippen molar-refractivity contribution in [3.63, 3.8) is 0 Å². The highest BCUT2D eigenvalue weighted by atomic mass is 32.2. The lowest BCUT2D eigenvalue weighted by atomic mass is 10.2. The number of nitrogens with zero attached hydrogens (tertiary/aromatic N) is 1. The molecule has 0 heterocycles. The molecule has 0 aromatic heterocycles. The van der Waals surface area contributed by atoms with Crippen LogP contribution in [0.4, 0.5) is 10.1 Å². The first kappa shape index (κ1) is 17.4. The van der Waals surface area contributed by atoms with Crippen molar-refractivity contribution in [2.24, 2.45) is 0 Å². The molecule has 0 spiro atoms.